The number of benzene rings is 1. The molecule has 0 saturated carbocycles. The predicted molar refractivity (Wildman–Crippen MR) is 57.6 cm³/mol. The fourth-order valence-corrected chi connectivity index (χ4v) is 2.10. The van der Waals surface area contributed by atoms with Crippen molar-refractivity contribution in [3.8, 4) is 0 Å². The highest BCUT2D eigenvalue weighted by molar-refractivity contribution is 6.01. The molecule has 15 heavy (non-hydrogen) atoms. The van der Waals surface area contributed by atoms with Crippen LogP contribution < -0.4 is 0 Å². The molecule has 78 valence electrons. The van der Waals surface area contributed by atoms with E-state index in [1.54, 1.807) is 6.07 Å². The Bertz CT molecular complexity index is 554. The van der Waals surface area contributed by atoms with Crippen LogP contribution >= 0.6 is 0 Å². The third-order valence-corrected chi connectivity index (χ3v) is 2.75. The van der Waals surface area contributed by atoms with Gasteiger partial charge in [-0.1, -0.05) is 0 Å². The first-order valence-electron chi connectivity index (χ1n) is 4.78. The van der Waals surface area contributed by atoms with Gasteiger partial charge in [0.15, 0.2) is 5.78 Å². The Labute approximate surface area is 87.3 Å². The molecule has 2 rings (SSSR count). The van der Waals surface area contributed by atoms with Gasteiger partial charge in [-0.2, -0.15) is 0 Å². The quantitative estimate of drug-likeness (QED) is 0.656. The molecule has 0 unspecified atom stereocenters. The average Bonchev–Trinajstić information content (AvgIpc) is 2.39. The second-order valence-corrected chi connectivity index (χ2v) is 3.75. The molecule has 0 bridgehead atoms. The summed E-state index contributed by atoms with van der Waals surface area (Å²) in [6.45, 7) is 3.37. The number of carbonyl (C=O) groups is 1. The number of aryl methyl sites for hydroxylation is 2. The molecular weight excluding hydrogens is 193 g/mol. The molecule has 0 saturated heterocycles. The third kappa shape index (κ3) is 1.35. The first-order chi connectivity index (χ1) is 7.02. The van der Waals surface area contributed by atoms with Crippen molar-refractivity contribution in [1.82, 2.24) is 4.57 Å². The topological polar surface area (TPSA) is 22.0 Å². The van der Waals surface area contributed by atoms with Crippen LogP contribution in [0.4, 0.5) is 4.39 Å². The molecule has 0 amide bonds. The lowest BCUT2D eigenvalue weighted by Crippen LogP contribution is -2.02. The van der Waals surface area contributed by atoms with Crippen LogP contribution in [0.2, 0.25) is 0 Å². The minimum Gasteiger partial charge on any atom is -0.341 e. The molecular formula is C12H12FNO. The molecule has 0 fully saturated rings. The van der Waals surface area contributed by atoms with Gasteiger partial charge in [-0.05, 0) is 30.7 Å². The van der Waals surface area contributed by atoms with Gasteiger partial charge >= 0.3 is 0 Å². The second-order valence-electron chi connectivity index (χ2n) is 3.75. The second kappa shape index (κ2) is 3.19. The maximum Gasteiger partial charge on any atom is 0.176 e. The Hall–Kier alpha value is -1.64. The SMILES string of the molecule is CC(=O)c1c(C)c2cc(F)ccc2n1C. The van der Waals surface area contributed by atoms with Crippen LogP contribution in [0.5, 0.6) is 0 Å². The van der Waals surface area contributed by atoms with E-state index in [4.69, 9.17) is 0 Å². The van der Waals surface area contributed by atoms with Crippen molar-refractivity contribution in [2.24, 2.45) is 7.05 Å². The van der Waals surface area contributed by atoms with Crippen molar-refractivity contribution >= 4 is 16.7 Å². The highest BCUT2D eigenvalue weighted by atomic mass is 19.1. The Morgan fingerprint density at radius 2 is 2.07 bits per heavy atom. The standard InChI is InChI=1S/C12H12FNO/c1-7-10-6-9(13)4-5-11(10)14(3)12(7)8(2)15/h4-6H,1-3H3. The van der Waals surface area contributed by atoms with Crippen LogP contribution in [0.25, 0.3) is 10.9 Å². The molecule has 2 aromatic rings. The highest BCUT2D eigenvalue weighted by Gasteiger charge is 2.14. The smallest absolute Gasteiger partial charge is 0.176 e. The van der Waals surface area contributed by atoms with Crippen molar-refractivity contribution in [2.75, 3.05) is 0 Å². The van der Waals surface area contributed by atoms with Crippen LogP contribution in [-0.2, 0) is 7.05 Å². The highest BCUT2D eigenvalue weighted by Crippen LogP contribution is 2.25. The fraction of sp³-hybridized carbons (Fsp3) is 0.250. The van der Waals surface area contributed by atoms with Gasteiger partial charge in [-0.3, -0.25) is 4.79 Å². The van der Waals surface area contributed by atoms with E-state index in [9.17, 15) is 9.18 Å². The number of nitrogens with zero attached hydrogens (tertiary/aromatic N) is 1. The van der Waals surface area contributed by atoms with Crippen molar-refractivity contribution in [3.05, 3.63) is 35.3 Å². The minimum atomic E-state index is -0.272. The van der Waals surface area contributed by atoms with Crippen molar-refractivity contribution in [1.29, 1.82) is 0 Å². The lowest BCUT2D eigenvalue weighted by Gasteiger charge is -2.00. The monoisotopic (exact) mass is 205 g/mol. The number of halogens is 1. The number of hydrogen-bond acceptors (Lipinski definition) is 1. The number of carbonyl (C=O) groups excluding carboxylic acids is 1. The normalized spacial score (nSPS) is 10.9. The summed E-state index contributed by atoms with van der Waals surface area (Å²) in [6.07, 6.45) is 0. The summed E-state index contributed by atoms with van der Waals surface area (Å²) in [5.41, 5.74) is 2.38. The number of Topliss-reactive ketones (excluding diaryl/α,β-unsaturated/α-hetero) is 1. The molecule has 0 spiro atoms. The summed E-state index contributed by atoms with van der Waals surface area (Å²) in [6, 6.07) is 4.58. The zero-order valence-electron chi connectivity index (χ0n) is 8.97. The third-order valence-electron chi connectivity index (χ3n) is 2.75. The molecule has 0 aliphatic rings. The van der Waals surface area contributed by atoms with Crippen LogP contribution in [-0.4, -0.2) is 10.4 Å². The van der Waals surface area contributed by atoms with Gasteiger partial charge in [0.2, 0.25) is 0 Å². The molecule has 1 heterocycles. The Morgan fingerprint density at radius 1 is 1.40 bits per heavy atom. The van der Waals surface area contributed by atoms with Crippen molar-refractivity contribution < 1.29 is 9.18 Å². The summed E-state index contributed by atoms with van der Waals surface area (Å²) in [5, 5.41) is 0.808. The van der Waals surface area contributed by atoms with E-state index in [2.05, 4.69) is 0 Å². The summed E-state index contributed by atoms with van der Waals surface area (Å²) >= 11 is 0. The molecule has 0 aliphatic carbocycles. The lowest BCUT2D eigenvalue weighted by atomic mass is 10.1. The predicted octanol–water partition coefficient (Wildman–Crippen LogP) is 2.83. The molecule has 0 aliphatic heterocycles. The number of aromatic nitrogens is 1. The minimum absolute atomic E-state index is 0.00612. The Kier molecular flexibility index (Phi) is 2.11. The molecule has 3 heteroatoms. The van der Waals surface area contributed by atoms with Crippen molar-refractivity contribution in [2.45, 2.75) is 13.8 Å². The zero-order chi connectivity index (χ0) is 11.2. The number of rotatable bonds is 1. The Balaban J connectivity index is 2.91. The van der Waals surface area contributed by atoms with Crippen molar-refractivity contribution in [3.63, 3.8) is 0 Å². The van der Waals surface area contributed by atoms with Crippen LogP contribution in [0.15, 0.2) is 18.2 Å². The molecule has 0 atom stereocenters. The first kappa shape index (κ1) is 9.90. The van der Waals surface area contributed by atoms with E-state index in [1.807, 2.05) is 18.5 Å². The first-order valence-corrected chi connectivity index (χ1v) is 4.78. The van der Waals surface area contributed by atoms with E-state index in [0.29, 0.717) is 5.69 Å². The van der Waals surface area contributed by atoms with Gasteiger partial charge < -0.3 is 4.57 Å². The molecule has 0 N–H and O–H groups in total. The van der Waals surface area contributed by atoms with E-state index in [1.165, 1.54) is 19.1 Å². The zero-order valence-corrected chi connectivity index (χ0v) is 8.97. The molecule has 1 aromatic carbocycles. The van der Waals surface area contributed by atoms with Gasteiger partial charge in [0, 0.05) is 24.9 Å². The van der Waals surface area contributed by atoms with E-state index >= 15 is 0 Å². The maximum atomic E-state index is 13.1. The fourth-order valence-electron chi connectivity index (χ4n) is 2.10. The van der Waals surface area contributed by atoms with Gasteiger partial charge in [0.25, 0.3) is 0 Å². The van der Waals surface area contributed by atoms with Gasteiger partial charge in [-0.25, -0.2) is 4.39 Å². The van der Waals surface area contributed by atoms with E-state index in [0.717, 1.165) is 16.5 Å². The van der Waals surface area contributed by atoms with Gasteiger partial charge in [0.05, 0.1) is 5.69 Å². The van der Waals surface area contributed by atoms with Crippen LogP contribution in [0.3, 0.4) is 0 Å². The molecule has 2 nitrogen and oxygen atoms in total. The van der Waals surface area contributed by atoms with E-state index in [-0.39, 0.29) is 11.6 Å². The Morgan fingerprint density at radius 3 is 2.67 bits per heavy atom. The van der Waals surface area contributed by atoms with E-state index < -0.39 is 0 Å². The average molecular weight is 205 g/mol. The van der Waals surface area contributed by atoms with Gasteiger partial charge in [-0.15, -0.1) is 0 Å². The summed E-state index contributed by atoms with van der Waals surface area (Å²) < 4.78 is 14.9. The largest absolute Gasteiger partial charge is 0.341 e. The number of fused-ring (bicyclic) bond motifs is 1. The summed E-state index contributed by atoms with van der Waals surface area (Å²) in [4.78, 5) is 11.4. The summed E-state index contributed by atoms with van der Waals surface area (Å²) in [5.74, 6) is -0.266. The maximum absolute atomic E-state index is 13.1. The van der Waals surface area contributed by atoms with Crippen LogP contribution in [0, 0.1) is 12.7 Å². The van der Waals surface area contributed by atoms with Crippen LogP contribution in [0.1, 0.15) is 23.0 Å². The summed E-state index contributed by atoms with van der Waals surface area (Å²) in [7, 11) is 1.82. The number of hydrogen-bond donors (Lipinski definition) is 0. The molecule has 1 aromatic heterocycles. The molecule has 0 radical (unpaired) electrons. The lowest BCUT2D eigenvalue weighted by molar-refractivity contribution is 0.101. The van der Waals surface area contributed by atoms with Gasteiger partial charge in [0.1, 0.15) is 5.82 Å². The number of ketones is 1.